The fraction of sp³-hybridized carbons (Fsp3) is 0.0741. The highest BCUT2D eigenvalue weighted by atomic mass is 15.2. The van der Waals surface area contributed by atoms with E-state index in [1.54, 1.807) is 0 Å². The van der Waals surface area contributed by atoms with Crippen molar-refractivity contribution in [3.05, 3.63) is 180 Å². The molecule has 0 amide bonds. The standard InChI is InChI=1S/C54H38B2N4/c1-31-25-32(2)28-35(27-31)57-45-21-7-5-19-43(45)55-49-37(13-11-23-47(49)57)39-15-9-17-41-51(39)59(55)53-42-18-10-16-40-38-14-12-24-48-50(38)56(60(52(40)42)54(41)53)44-20-6-8-22-46(44)58(48)36-29-33(3)26-34(4)30-36/h5-30H,1-4H3. The van der Waals surface area contributed by atoms with E-state index in [0.717, 1.165) is 0 Å². The average molecular weight is 765 g/mol. The van der Waals surface area contributed by atoms with Crippen molar-refractivity contribution in [3.8, 4) is 22.3 Å². The van der Waals surface area contributed by atoms with Gasteiger partial charge in [-0.05, 0) is 131 Å². The lowest BCUT2D eigenvalue weighted by Crippen LogP contribution is -2.56. The third kappa shape index (κ3) is 3.95. The van der Waals surface area contributed by atoms with Gasteiger partial charge in [-0.3, -0.25) is 0 Å². The Morgan fingerprint density at radius 2 is 0.700 bits per heavy atom. The highest BCUT2D eigenvalue weighted by Gasteiger charge is 2.47. The fourth-order valence-corrected chi connectivity index (χ4v) is 12.1. The molecule has 0 radical (unpaired) electrons. The minimum atomic E-state index is -0.00968. The second kappa shape index (κ2) is 11.3. The summed E-state index contributed by atoms with van der Waals surface area (Å²) in [5.41, 5.74) is 28.4. The zero-order chi connectivity index (χ0) is 39.7. The van der Waals surface area contributed by atoms with Crippen LogP contribution in [0.25, 0.3) is 55.1 Å². The molecule has 280 valence electrons. The molecule has 0 fully saturated rings. The van der Waals surface area contributed by atoms with Gasteiger partial charge in [0.25, 0.3) is 0 Å². The SMILES string of the molecule is Cc1cc(C)cc(N2c3ccccc3B3c4c(cccc42)-c2cccc4c2n3c2c3cccc5c3n(c42)B2c3ccccc3N(c3cc(C)cc(C)c3)c3cccc-5c32)c1. The van der Waals surface area contributed by atoms with Crippen LogP contribution in [0.5, 0.6) is 0 Å². The van der Waals surface area contributed by atoms with E-state index in [1.165, 1.54) is 133 Å². The highest BCUT2D eigenvalue weighted by molar-refractivity contribution is 6.92. The summed E-state index contributed by atoms with van der Waals surface area (Å²) in [5, 5.41) is 2.62. The predicted molar refractivity (Wildman–Crippen MR) is 255 cm³/mol. The number of para-hydroxylation sites is 4. The number of nitrogens with zero attached hydrogens (tertiary/aromatic N) is 4. The Morgan fingerprint density at radius 1 is 0.333 bits per heavy atom. The molecule has 0 atom stereocenters. The van der Waals surface area contributed by atoms with Gasteiger partial charge in [-0.15, -0.1) is 0 Å². The Bertz CT molecular complexity index is 3310. The van der Waals surface area contributed by atoms with Gasteiger partial charge in [0.2, 0.25) is 0 Å². The molecule has 0 N–H and O–H groups in total. The molecular weight excluding hydrogens is 726 g/mol. The van der Waals surface area contributed by atoms with Crippen LogP contribution < -0.4 is 31.7 Å². The molecule has 60 heavy (non-hydrogen) atoms. The fourth-order valence-electron chi connectivity index (χ4n) is 12.1. The number of aromatic nitrogens is 2. The van der Waals surface area contributed by atoms with Gasteiger partial charge in [-0.2, -0.15) is 0 Å². The summed E-state index contributed by atoms with van der Waals surface area (Å²) in [5.74, 6) is 0. The second-order valence-electron chi connectivity index (χ2n) is 17.6. The molecule has 0 spiro atoms. The van der Waals surface area contributed by atoms with Crippen molar-refractivity contribution in [3.63, 3.8) is 0 Å². The number of anilines is 6. The van der Waals surface area contributed by atoms with E-state index < -0.39 is 0 Å². The summed E-state index contributed by atoms with van der Waals surface area (Å²) < 4.78 is 5.50. The number of benzene rings is 8. The van der Waals surface area contributed by atoms with E-state index in [9.17, 15) is 0 Å². The number of hydrogen-bond acceptors (Lipinski definition) is 2. The van der Waals surface area contributed by atoms with Crippen molar-refractivity contribution in [1.29, 1.82) is 0 Å². The predicted octanol–water partition coefficient (Wildman–Crippen LogP) is 10.8. The Morgan fingerprint density at radius 3 is 1.13 bits per heavy atom. The zero-order valence-corrected chi connectivity index (χ0v) is 34.0. The average Bonchev–Trinajstić information content (AvgIpc) is 3.77. The summed E-state index contributed by atoms with van der Waals surface area (Å²) >= 11 is 0. The van der Waals surface area contributed by atoms with Crippen LogP contribution in [-0.2, 0) is 0 Å². The van der Waals surface area contributed by atoms with Crippen LogP contribution in [0, 0.1) is 27.7 Å². The first-order valence-electron chi connectivity index (χ1n) is 21.3. The highest BCUT2D eigenvalue weighted by Crippen LogP contribution is 2.50. The maximum atomic E-state index is 2.75. The van der Waals surface area contributed by atoms with Crippen LogP contribution >= 0.6 is 0 Å². The molecule has 10 aromatic rings. The molecule has 2 aromatic heterocycles. The monoisotopic (exact) mass is 764 g/mol. The summed E-state index contributed by atoms with van der Waals surface area (Å²) in [6, 6.07) is 60.3. The van der Waals surface area contributed by atoms with E-state index in [-0.39, 0.29) is 13.7 Å². The van der Waals surface area contributed by atoms with E-state index in [4.69, 9.17) is 0 Å². The van der Waals surface area contributed by atoms with Gasteiger partial charge in [0, 0.05) is 67.1 Å². The topological polar surface area (TPSA) is 16.3 Å². The zero-order valence-electron chi connectivity index (χ0n) is 34.0. The molecule has 4 aliphatic heterocycles. The molecule has 4 nitrogen and oxygen atoms in total. The second-order valence-corrected chi connectivity index (χ2v) is 17.6. The molecule has 6 heterocycles. The first-order valence-corrected chi connectivity index (χ1v) is 21.3. The lowest BCUT2D eigenvalue weighted by Gasteiger charge is -2.40. The van der Waals surface area contributed by atoms with Crippen molar-refractivity contribution in [2.24, 2.45) is 0 Å². The van der Waals surface area contributed by atoms with Crippen LogP contribution in [0.2, 0.25) is 0 Å². The largest absolute Gasteiger partial charge is 0.374 e. The van der Waals surface area contributed by atoms with Gasteiger partial charge in [0.05, 0.1) is 11.0 Å². The lowest BCUT2D eigenvalue weighted by atomic mass is 9.45. The maximum absolute atomic E-state index is 2.75. The summed E-state index contributed by atoms with van der Waals surface area (Å²) in [7, 11) is 0. The van der Waals surface area contributed by atoms with E-state index in [1.807, 2.05) is 0 Å². The van der Waals surface area contributed by atoms with Crippen molar-refractivity contribution in [2.75, 3.05) is 9.80 Å². The Balaban J connectivity index is 1.12. The first-order chi connectivity index (χ1) is 29.4. The van der Waals surface area contributed by atoms with E-state index in [0.29, 0.717) is 0 Å². The molecule has 0 saturated carbocycles. The summed E-state index contributed by atoms with van der Waals surface area (Å²) in [4.78, 5) is 5.04. The number of rotatable bonds is 2. The minimum absolute atomic E-state index is 0.00968. The molecule has 4 aliphatic rings. The Labute approximate surface area is 349 Å². The normalized spacial score (nSPS) is 13.9. The van der Waals surface area contributed by atoms with Crippen LogP contribution in [-0.4, -0.2) is 22.7 Å². The Hall–Kier alpha value is -7.17. The van der Waals surface area contributed by atoms with Crippen LogP contribution in [0.4, 0.5) is 34.1 Å². The molecular formula is C54H38B2N4. The minimum Gasteiger partial charge on any atom is -0.374 e. The number of fused-ring (bicyclic) bond motifs is 13. The quantitative estimate of drug-likeness (QED) is 0.163. The van der Waals surface area contributed by atoms with Gasteiger partial charge in [-0.25, -0.2) is 0 Å². The van der Waals surface area contributed by atoms with Gasteiger partial charge >= 0.3 is 13.7 Å². The third-order valence-electron chi connectivity index (χ3n) is 13.9. The van der Waals surface area contributed by atoms with Crippen LogP contribution in [0.1, 0.15) is 22.3 Å². The molecule has 0 saturated heterocycles. The van der Waals surface area contributed by atoms with Crippen LogP contribution in [0.15, 0.2) is 158 Å². The van der Waals surface area contributed by atoms with Crippen molar-refractivity contribution in [1.82, 2.24) is 8.96 Å². The van der Waals surface area contributed by atoms with Crippen molar-refractivity contribution in [2.45, 2.75) is 27.7 Å². The van der Waals surface area contributed by atoms with Crippen LogP contribution in [0.3, 0.4) is 0 Å². The number of hydrogen-bond donors (Lipinski definition) is 0. The molecule has 6 heteroatoms. The molecule has 8 aromatic carbocycles. The smallest absolute Gasteiger partial charge is 0.333 e. The Kier molecular flexibility index (Phi) is 6.17. The molecule has 0 unspecified atom stereocenters. The molecule has 0 aliphatic carbocycles. The third-order valence-corrected chi connectivity index (χ3v) is 13.9. The van der Waals surface area contributed by atoms with E-state index >= 15 is 0 Å². The summed E-state index contributed by atoms with van der Waals surface area (Å²) in [6.07, 6.45) is 0. The maximum Gasteiger partial charge on any atom is 0.333 e. The van der Waals surface area contributed by atoms with Crippen molar-refractivity contribution >= 4 is 103 Å². The van der Waals surface area contributed by atoms with E-state index in [2.05, 4.69) is 204 Å². The van der Waals surface area contributed by atoms with Gasteiger partial charge in [-0.1, -0.05) is 109 Å². The lowest BCUT2D eigenvalue weighted by molar-refractivity contribution is 1.24. The van der Waals surface area contributed by atoms with Crippen molar-refractivity contribution < 1.29 is 0 Å². The van der Waals surface area contributed by atoms with Gasteiger partial charge in [0.1, 0.15) is 0 Å². The van der Waals surface area contributed by atoms with Gasteiger partial charge < -0.3 is 18.8 Å². The summed E-state index contributed by atoms with van der Waals surface area (Å²) in [6.45, 7) is 8.83. The van der Waals surface area contributed by atoms with Gasteiger partial charge in [0.15, 0.2) is 0 Å². The first kappa shape index (κ1) is 32.7. The number of aryl methyl sites for hydroxylation is 4. The molecule has 0 bridgehead atoms. The molecule has 14 rings (SSSR count).